The van der Waals surface area contributed by atoms with Crippen molar-refractivity contribution >= 4 is 20.2 Å². The first-order valence-electron chi connectivity index (χ1n) is 9.76. The monoisotopic (exact) mass is 630 g/mol. The fourth-order valence-corrected chi connectivity index (χ4v) is 2.31. The van der Waals surface area contributed by atoms with Crippen LogP contribution in [0.15, 0.2) is 34.4 Å². The van der Waals surface area contributed by atoms with E-state index in [4.69, 9.17) is 25.9 Å². The topological polar surface area (TPSA) is 114 Å². The van der Waals surface area contributed by atoms with Crippen LogP contribution in [0.2, 0.25) is 0 Å². The normalized spacial score (nSPS) is 15.4. The largest absolute Gasteiger partial charge is 2.00 e. The predicted molar refractivity (Wildman–Crippen MR) is 112 cm³/mol. The zero-order valence-electron chi connectivity index (χ0n) is 19.4. The molecule has 0 N–H and O–H groups in total. The average Bonchev–Trinajstić information content (AvgIpc) is 3.23. The maximum atomic E-state index is 10.7. The van der Waals surface area contributed by atoms with Gasteiger partial charge in [0.25, 0.3) is 0 Å². The van der Waals surface area contributed by atoms with E-state index in [1.807, 2.05) is 0 Å². The fourth-order valence-electron chi connectivity index (χ4n) is 2.31. The third-order valence-corrected chi connectivity index (χ3v) is 5.13. The Kier molecular flexibility index (Phi) is 18.7. The van der Waals surface area contributed by atoms with Crippen LogP contribution in [0.25, 0.3) is 0 Å². The Morgan fingerprint density at radius 1 is 0.743 bits per heavy atom. The molecule has 0 unspecified atom stereocenters. The molecule has 0 aromatic heterocycles. The summed E-state index contributed by atoms with van der Waals surface area (Å²) in [6.07, 6.45) is 18.2. The van der Waals surface area contributed by atoms with Crippen LogP contribution in [-0.2, 0) is 46.4 Å². The van der Waals surface area contributed by atoms with Gasteiger partial charge in [-0.05, 0) is 0 Å². The number of rotatable bonds is 4. The summed E-state index contributed by atoms with van der Waals surface area (Å²) in [5.74, 6) is 0. The minimum atomic E-state index is -6.09. The quantitative estimate of drug-likeness (QED) is 0.167. The summed E-state index contributed by atoms with van der Waals surface area (Å²) in [4.78, 5) is 0. The molecule has 0 amide bonds. The van der Waals surface area contributed by atoms with Crippen molar-refractivity contribution < 1.29 is 78.5 Å². The van der Waals surface area contributed by atoms with Crippen molar-refractivity contribution in [2.75, 3.05) is 0 Å². The third kappa shape index (κ3) is 17.4. The van der Waals surface area contributed by atoms with Gasteiger partial charge in [0.2, 0.25) is 0 Å². The summed E-state index contributed by atoms with van der Waals surface area (Å²) in [7, 11) is -12.2. The van der Waals surface area contributed by atoms with Crippen LogP contribution in [0, 0.1) is 12.2 Å². The molecule has 0 aliphatic heterocycles. The Labute approximate surface area is 221 Å². The van der Waals surface area contributed by atoms with Gasteiger partial charge in [-0.2, -0.15) is 49.6 Å². The Morgan fingerprint density at radius 3 is 1.09 bits per heavy atom. The molecule has 0 saturated carbocycles. The van der Waals surface area contributed by atoms with Crippen molar-refractivity contribution in [2.45, 2.75) is 77.2 Å². The molecule has 0 heterocycles. The van der Waals surface area contributed by atoms with Gasteiger partial charge in [-0.25, -0.2) is 28.0 Å². The van der Waals surface area contributed by atoms with Crippen LogP contribution < -0.4 is 0 Å². The molecule has 0 radical (unpaired) electrons. The molecule has 0 bridgehead atoms. The fraction of sp³-hybridized carbons (Fsp3) is 0.600. The van der Waals surface area contributed by atoms with Gasteiger partial charge in [0, 0.05) is 0 Å². The van der Waals surface area contributed by atoms with E-state index in [0.717, 1.165) is 12.8 Å². The summed E-state index contributed by atoms with van der Waals surface area (Å²) in [5, 5.41) is 0. The van der Waals surface area contributed by atoms with Gasteiger partial charge in [-0.3, -0.25) is 12.2 Å². The van der Waals surface area contributed by atoms with Gasteiger partial charge >= 0.3 is 37.2 Å². The summed E-state index contributed by atoms with van der Waals surface area (Å²) in [6.45, 7) is 8.72. The first-order chi connectivity index (χ1) is 15.2. The molecule has 35 heavy (non-hydrogen) atoms. The molecule has 202 valence electrons. The zero-order valence-corrected chi connectivity index (χ0v) is 23.5. The van der Waals surface area contributed by atoms with E-state index >= 15 is 0 Å². The molecule has 0 atom stereocenters. The zero-order chi connectivity index (χ0) is 27.4. The second-order valence-electron chi connectivity index (χ2n) is 6.77. The Hall–Kier alpha value is -0.757. The molecule has 2 aliphatic carbocycles. The van der Waals surface area contributed by atoms with E-state index in [1.165, 1.54) is 48.0 Å². The Balaban J connectivity index is -0.000000387. The summed E-state index contributed by atoms with van der Waals surface area (Å²) in [6, 6.07) is 0. The molecule has 0 saturated heterocycles. The first kappa shape index (κ1) is 38.8. The minimum absolute atomic E-state index is 0. The minimum Gasteiger partial charge on any atom is -0.741 e. The first-order valence-corrected chi connectivity index (χ1v) is 12.6. The SMILES string of the molecule is CCCC1=CC[C-]=C1C.CCCC1=CC[C-]=C1C.O=S(=O)([O-])C(F)(F)F.O=S(=O)([O-])C(F)(F)F.[Zr+2]. The molecule has 6 nitrogen and oxygen atoms in total. The van der Waals surface area contributed by atoms with E-state index < -0.39 is 31.3 Å². The van der Waals surface area contributed by atoms with Crippen LogP contribution in [-0.4, -0.2) is 37.0 Å². The van der Waals surface area contributed by atoms with Gasteiger partial charge < -0.3 is 9.11 Å². The van der Waals surface area contributed by atoms with Crippen LogP contribution >= 0.6 is 0 Å². The summed E-state index contributed by atoms with van der Waals surface area (Å²) < 4.78 is 118. The Bertz CT molecular complexity index is 897. The van der Waals surface area contributed by atoms with Gasteiger partial charge in [0.15, 0.2) is 20.2 Å². The van der Waals surface area contributed by atoms with Crippen LogP contribution in [0.1, 0.15) is 66.2 Å². The summed E-state index contributed by atoms with van der Waals surface area (Å²) in [5.41, 5.74) is -5.52. The van der Waals surface area contributed by atoms with Crippen LogP contribution in [0.5, 0.6) is 0 Å². The molecule has 0 fully saturated rings. The van der Waals surface area contributed by atoms with Gasteiger partial charge in [0.1, 0.15) is 0 Å². The molecular weight excluding hydrogens is 606 g/mol. The number of allylic oxidation sites excluding steroid dienone is 8. The number of alkyl halides is 6. The second-order valence-corrected chi connectivity index (χ2v) is 9.51. The van der Waals surface area contributed by atoms with E-state index in [1.54, 1.807) is 0 Å². The smallest absolute Gasteiger partial charge is 0.741 e. The van der Waals surface area contributed by atoms with Gasteiger partial charge in [0.05, 0.1) is 0 Å². The maximum Gasteiger partial charge on any atom is 2.00 e. The average molecular weight is 632 g/mol. The molecular formula is C20H26F6O6S2Zr-2. The van der Waals surface area contributed by atoms with Crippen LogP contribution in [0.3, 0.4) is 0 Å². The maximum absolute atomic E-state index is 10.7. The predicted octanol–water partition coefficient (Wildman–Crippen LogP) is 5.83. The van der Waals surface area contributed by atoms with Crippen molar-refractivity contribution in [3.8, 4) is 0 Å². The number of hydrogen-bond acceptors (Lipinski definition) is 6. The van der Waals surface area contributed by atoms with Crippen molar-refractivity contribution in [3.05, 3.63) is 46.6 Å². The van der Waals surface area contributed by atoms with Crippen molar-refractivity contribution in [2.24, 2.45) is 0 Å². The molecule has 0 aromatic rings. The standard InChI is InChI=1S/2C9H13.2CHF3O3S.Zr/c2*1-3-5-9-7-4-6-8(9)2;2*2-1(3,4)8(5,6)7;/h2*7H,3-5H2,1-2H3;2*(H,5,6,7);/q2*-1;;;+2/p-2. The van der Waals surface area contributed by atoms with E-state index in [-0.39, 0.29) is 26.2 Å². The van der Waals surface area contributed by atoms with E-state index in [9.17, 15) is 26.3 Å². The van der Waals surface area contributed by atoms with Gasteiger partial charge in [-0.15, -0.1) is 12.8 Å². The van der Waals surface area contributed by atoms with Crippen molar-refractivity contribution in [3.63, 3.8) is 0 Å². The van der Waals surface area contributed by atoms with Crippen molar-refractivity contribution in [1.82, 2.24) is 0 Å². The number of hydrogen-bond donors (Lipinski definition) is 0. The van der Waals surface area contributed by atoms with E-state index in [2.05, 4.69) is 52.0 Å². The van der Waals surface area contributed by atoms with E-state index in [0.29, 0.717) is 0 Å². The van der Waals surface area contributed by atoms with Crippen molar-refractivity contribution in [1.29, 1.82) is 0 Å². The van der Waals surface area contributed by atoms with Crippen LogP contribution in [0.4, 0.5) is 26.3 Å². The Morgan fingerprint density at radius 2 is 0.971 bits per heavy atom. The number of halogens is 6. The summed E-state index contributed by atoms with van der Waals surface area (Å²) >= 11 is 0. The molecule has 0 spiro atoms. The van der Waals surface area contributed by atoms with Gasteiger partial charge in [-0.1, -0.05) is 53.4 Å². The third-order valence-electron chi connectivity index (χ3n) is 4.00. The molecule has 2 rings (SSSR count). The molecule has 2 aliphatic rings. The molecule has 15 heteroatoms. The molecule has 0 aromatic carbocycles. The second kappa shape index (κ2) is 16.9.